The van der Waals surface area contributed by atoms with E-state index in [9.17, 15) is 4.79 Å². The van der Waals surface area contributed by atoms with Gasteiger partial charge in [0.1, 0.15) is 0 Å². The van der Waals surface area contributed by atoms with E-state index in [1.807, 2.05) is 0 Å². The van der Waals surface area contributed by atoms with Gasteiger partial charge in [-0.2, -0.15) is 0 Å². The van der Waals surface area contributed by atoms with Gasteiger partial charge in [-0.3, -0.25) is 0 Å². The molecule has 0 spiro atoms. The van der Waals surface area contributed by atoms with Gasteiger partial charge in [-0.25, -0.2) is 4.79 Å². The van der Waals surface area contributed by atoms with Crippen LogP contribution in [0, 0.1) is 5.41 Å². The van der Waals surface area contributed by atoms with E-state index >= 15 is 0 Å². The third-order valence-electron chi connectivity index (χ3n) is 3.32. The summed E-state index contributed by atoms with van der Waals surface area (Å²) in [6.45, 7) is 6.51. The van der Waals surface area contributed by atoms with Crippen LogP contribution in [0.3, 0.4) is 0 Å². The molecule has 0 amide bonds. The first-order valence-corrected chi connectivity index (χ1v) is 6.19. The molecule has 1 aromatic heterocycles. The van der Waals surface area contributed by atoms with Crippen LogP contribution < -0.4 is 0 Å². The van der Waals surface area contributed by atoms with Crippen molar-refractivity contribution in [3.05, 3.63) is 21.4 Å². The zero-order valence-corrected chi connectivity index (χ0v) is 10.1. The molecule has 0 saturated heterocycles. The van der Waals surface area contributed by atoms with E-state index in [-0.39, 0.29) is 0 Å². The van der Waals surface area contributed by atoms with Crippen LogP contribution in [-0.2, 0) is 6.42 Å². The Hall–Kier alpha value is -0.830. The maximum absolute atomic E-state index is 11.1. The second-order valence-corrected chi connectivity index (χ2v) is 5.85. The van der Waals surface area contributed by atoms with Gasteiger partial charge in [0.2, 0.25) is 0 Å². The third-order valence-corrected chi connectivity index (χ3v) is 4.47. The van der Waals surface area contributed by atoms with E-state index in [1.54, 1.807) is 16.7 Å². The Morgan fingerprint density at radius 1 is 1.67 bits per heavy atom. The summed E-state index contributed by atoms with van der Waals surface area (Å²) >= 11 is 1.59. The first-order chi connectivity index (χ1) is 6.97. The Bertz CT molecular complexity index is 404. The fourth-order valence-electron chi connectivity index (χ4n) is 2.19. The number of hydrogen-bond acceptors (Lipinski definition) is 2. The Morgan fingerprint density at radius 3 is 2.67 bits per heavy atom. The number of thiophene rings is 1. The average Bonchev–Trinajstić information content (AvgIpc) is 2.64. The largest absolute Gasteiger partial charge is 0.478 e. The lowest BCUT2D eigenvalue weighted by atomic mass is 9.99. The van der Waals surface area contributed by atoms with E-state index in [0.717, 1.165) is 18.4 Å². The highest BCUT2D eigenvalue weighted by Crippen LogP contribution is 2.60. The third kappa shape index (κ3) is 1.69. The molecular weight excluding hydrogens is 208 g/mol. The van der Waals surface area contributed by atoms with Gasteiger partial charge in [-0.05, 0) is 29.7 Å². The van der Waals surface area contributed by atoms with Crippen LogP contribution in [0.4, 0.5) is 0 Å². The molecule has 3 heteroatoms. The summed E-state index contributed by atoms with van der Waals surface area (Å²) in [5, 5.41) is 10.9. The molecule has 1 unspecified atom stereocenters. The Morgan fingerprint density at radius 2 is 2.27 bits per heavy atom. The Balaban J connectivity index is 2.43. The summed E-state index contributed by atoms with van der Waals surface area (Å²) in [5.74, 6) is -0.312. The van der Waals surface area contributed by atoms with Crippen molar-refractivity contribution in [2.24, 2.45) is 5.41 Å². The first-order valence-electron chi connectivity index (χ1n) is 5.31. The fourth-order valence-corrected chi connectivity index (χ4v) is 3.22. The van der Waals surface area contributed by atoms with Crippen molar-refractivity contribution in [1.29, 1.82) is 0 Å². The molecule has 0 radical (unpaired) electrons. The molecule has 15 heavy (non-hydrogen) atoms. The molecule has 2 rings (SSSR count). The number of carboxylic acids is 1. The Labute approximate surface area is 93.9 Å². The SMILES string of the molecule is CCc1scc(C(=O)O)c1C1CC1(C)C. The van der Waals surface area contributed by atoms with Crippen LogP contribution in [0.25, 0.3) is 0 Å². The number of hydrogen-bond donors (Lipinski definition) is 1. The molecular formula is C12H16O2S. The summed E-state index contributed by atoms with van der Waals surface area (Å²) in [6.07, 6.45) is 2.07. The van der Waals surface area contributed by atoms with Gasteiger partial charge in [0.15, 0.2) is 0 Å². The second-order valence-electron chi connectivity index (χ2n) is 4.89. The van der Waals surface area contributed by atoms with Crippen molar-refractivity contribution in [3.8, 4) is 0 Å². The highest BCUT2D eigenvalue weighted by molar-refractivity contribution is 7.10. The first kappa shape index (κ1) is 10.7. The smallest absolute Gasteiger partial charge is 0.336 e. The monoisotopic (exact) mass is 224 g/mol. The highest BCUT2D eigenvalue weighted by Gasteiger charge is 2.49. The minimum absolute atomic E-state index is 0.301. The molecule has 0 aromatic carbocycles. The number of carboxylic acid groups (broad SMARTS) is 1. The lowest BCUT2D eigenvalue weighted by Gasteiger charge is -2.06. The zero-order valence-electron chi connectivity index (χ0n) is 9.33. The number of carbonyl (C=O) groups is 1. The van der Waals surface area contributed by atoms with Crippen molar-refractivity contribution >= 4 is 17.3 Å². The van der Waals surface area contributed by atoms with Crippen molar-refractivity contribution in [1.82, 2.24) is 0 Å². The standard InChI is InChI=1S/C12H16O2S/c1-4-9-10(8-5-12(8,2)3)7(6-15-9)11(13)14/h6,8H,4-5H2,1-3H3,(H,13,14). The molecule has 0 aliphatic heterocycles. The van der Waals surface area contributed by atoms with E-state index < -0.39 is 5.97 Å². The van der Waals surface area contributed by atoms with E-state index in [0.29, 0.717) is 16.9 Å². The van der Waals surface area contributed by atoms with Crippen LogP contribution in [0.2, 0.25) is 0 Å². The second kappa shape index (κ2) is 3.34. The predicted molar refractivity (Wildman–Crippen MR) is 61.8 cm³/mol. The van der Waals surface area contributed by atoms with Gasteiger partial charge in [0.05, 0.1) is 5.56 Å². The van der Waals surface area contributed by atoms with Gasteiger partial charge >= 0.3 is 5.97 Å². The van der Waals surface area contributed by atoms with Crippen LogP contribution in [-0.4, -0.2) is 11.1 Å². The van der Waals surface area contributed by atoms with Gasteiger partial charge < -0.3 is 5.11 Å². The van der Waals surface area contributed by atoms with Crippen molar-refractivity contribution in [3.63, 3.8) is 0 Å². The Kier molecular flexibility index (Phi) is 2.38. The van der Waals surface area contributed by atoms with Crippen molar-refractivity contribution < 1.29 is 9.90 Å². The molecule has 1 saturated carbocycles. The minimum atomic E-state index is -0.774. The molecule has 1 heterocycles. The molecule has 1 aliphatic rings. The lowest BCUT2D eigenvalue weighted by molar-refractivity contribution is 0.0696. The van der Waals surface area contributed by atoms with Crippen LogP contribution in [0.1, 0.15) is 53.9 Å². The van der Waals surface area contributed by atoms with Crippen LogP contribution in [0.5, 0.6) is 0 Å². The highest BCUT2D eigenvalue weighted by atomic mass is 32.1. The quantitative estimate of drug-likeness (QED) is 0.853. The molecule has 1 aliphatic carbocycles. The molecule has 1 atom stereocenters. The maximum Gasteiger partial charge on any atom is 0.336 e. The number of aromatic carboxylic acids is 1. The summed E-state index contributed by atoms with van der Waals surface area (Å²) in [6, 6.07) is 0. The number of aryl methyl sites for hydroxylation is 1. The van der Waals surface area contributed by atoms with E-state index in [4.69, 9.17) is 5.11 Å². The van der Waals surface area contributed by atoms with Gasteiger partial charge in [0, 0.05) is 10.3 Å². The minimum Gasteiger partial charge on any atom is -0.478 e. The average molecular weight is 224 g/mol. The molecule has 82 valence electrons. The van der Waals surface area contributed by atoms with E-state index in [2.05, 4.69) is 20.8 Å². The molecule has 1 N–H and O–H groups in total. The molecule has 1 aromatic rings. The topological polar surface area (TPSA) is 37.3 Å². The van der Waals surface area contributed by atoms with Crippen LogP contribution >= 0.6 is 11.3 Å². The maximum atomic E-state index is 11.1. The van der Waals surface area contributed by atoms with Crippen molar-refractivity contribution in [2.75, 3.05) is 0 Å². The summed E-state index contributed by atoms with van der Waals surface area (Å²) in [7, 11) is 0. The fraction of sp³-hybridized carbons (Fsp3) is 0.583. The summed E-state index contributed by atoms with van der Waals surface area (Å²) in [4.78, 5) is 12.4. The van der Waals surface area contributed by atoms with Gasteiger partial charge in [0.25, 0.3) is 0 Å². The number of rotatable bonds is 3. The predicted octanol–water partition coefficient (Wildman–Crippen LogP) is 3.52. The van der Waals surface area contributed by atoms with Gasteiger partial charge in [-0.15, -0.1) is 11.3 Å². The van der Waals surface area contributed by atoms with E-state index in [1.165, 1.54) is 4.88 Å². The molecule has 0 bridgehead atoms. The molecule has 1 fully saturated rings. The normalized spacial score (nSPS) is 22.7. The summed E-state index contributed by atoms with van der Waals surface area (Å²) in [5.41, 5.74) is 1.95. The van der Waals surface area contributed by atoms with Crippen LogP contribution in [0.15, 0.2) is 5.38 Å². The van der Waals surface area contributed by atoms with Crippen molar-refractivity contribution in [2.45, 2.75) is 39.5 Å². The van der Waals surface area contributed by atoms with Gasteiger partial charge in [-0.1, -0.05) is 20.8 Å². The zero-order chi connectivity index (χ0) is 11.2. The lowest BCUT2D eigenvalue weighted by Crippen LogP contribution is -2.02. The summed E-state index contributed by atoms with van der Waals surface area (Å²) < 4.78 is 0. The molecule has 2 nitrogen and oxygen atoms in total.